The van der Waals surface area contributed by atoms with Gasteiger partial charge in [-0.15, -0.1) is 5.10 Å². The molecule has 0 saturated heterocycles. The quantitative estimate of drug-likeness (QED) is 0.558. The SMILES string of the molecule is COc1cccc2c1ncn1nc(CCN3Cc4ccc(F)cc4C3)nc21. The van der Waals surface area contributed by atoms with E-state index in [0.717, 1.165) is 59.7 Å². The van der Waals surface area contributed by atoms with Gasteiger partial charge in [-0.2, -0.15) is 0 Å². The molecule has 0 N–H and O–H groups in total. The molecule has 0 aliphatic carbocycles. The van der Waals surface area contributed by atoms with Crippen LogP contribution in [0.1, 0.15) is 17.0 Å². The molecule has 1 aliphatic rings. The van der Waals surface area contributed by atoms with E-state index in [2.05, 4.69) is 15.0 Å². The van der Waals surface area contributed by atoms with Crippen molar-refractivity contribution >= 4 is 16.6 Å². The Morgan fingerprint density at radius 2 is 2.04 bits per heavy atom. The molecule has 6 nitrogen and oxygen atoms in total. The number of nitrogens with zero attached hydrogens (tertiary/aromatic N) is 5. The maximum atomic E-state index is 13.4. The van der Waals surface area contributed by atoms with E-state index in [-0.39, 0.29) is 5.82 Å². The molecule has 0 spiro atoms. The fourth-order valence-corrected chi connectivity index (χ4v) is 3.70. The van der Waals surface area contributed by atoms with Gasteiger partial charge in [-0.05, 0) is 35.4 Å². The van der Waals surface area contributed by atoms with Crippen molar-refractivity contribution < 1.29 is 9.13 Å². The van der Waals surface area contributed by atoms with Crippen LogP contribution in [0.3, 0.4) is 0 Å². The number of ether oxygens (including phenoxy) is 1. The van der Waals surface area contributed by atoms with Crippen molar-refractivity contribution in [2.75, 3.05) is 13.7 Å². The topological polar surface area (TPSA) is 55.6 Å². The Balaban J connectivity index is 1.38. The molecule has 4 aromatic rings. The Morgan fingerprint density at radius 1 is 1.15 bits per heavy atom. The summed E-state index contributed by atoms with van der Waals surface area (Å²) >= 11 is 0. The summed E-state index contributed by atoms with van der Waals surface area (Å²) in [4.78, 5) is 11.5. The van der Waals surface area contributed by atoms with Crippen LogP contribution in [0.2, 0.25) is 0 Å². The van der Waals surface area contributed by atoms with Gasteiger partial charge in [0, 0.05) is 31.4 Å². The highest BCUT2D eigenvalue weighted by Gasteiger charge is 2.20. The normalized spacial score (nSPS) is 14.1. The largest absolute Gasteiger partial charge is 0.494 e. The van der Waals surface area contributed by atoms with Crippen LogP contribution in [0.25, 0.3) is 16.6 Å². The van der Waals surface area contributed by atoms with Crippen molar-refractivity contribution in [2.24, 2.45) is 0 Å². The molecule has 1 aliphatic heterocycles. The zero-order valence-corrected chi connectivity index (χ0v) is 14.9. The third-order valence-electron chi connectivity index (χ3n) is 5.04. The van der Waals surface area contributed by atoms with Crippen molar-refractivity contribution in [3.63, 3.8) is 0 Å². The van der Waals surface area contributed by atoms with E-state index >= 15 is 0 Å². The molecule has 0 radical (unpaired) electrons. The number of para-hydroxylation sites is 1. The highest BCUT2D eigenvalue weighted by atomic mass is 19.1. The molecule has 3 heterocycles. The molecule has 0 atom stereocenters. The van der Waals surface area contributed by atoms with E-state index in [9.17, 15) is 4.39 Å². The molecule has 0 bridgehead atoms. The minimum atomic E-state index is -0.174. The van der Waals surface area contributed by atoms with Gasteiger partial charge in [0.25, 0.3) is 0 Å². The second kappa shape index (κ2) is 6.28. The van der Waals surface area contributed by atoms with Crippen molar-refractivity contribution in [3.8, 4) is 5.75 Å². The second-order valence-corrected chi connectivity index (χ2v) is 6.77. The van der Waals surface area contributed by atoms with Gasteiger partial charge >= 0.3 is 0 Å². The molecule has 27 heavy (non-hydrogen) atoms. The Hall–Kier alpha value is -3.06. The Kier molecular flexibility index (Phi) is 3.75. The Bertz CT molecular complexity index is 1160. The minimum absolute atomic E-state index is 0.174. The van der Waals surface area contributed by atoms with Gasteiger partial charge in [-0.1, -0.05) is 12.1 Å². The van der Waals surface area contributed by atoms with Crippen LogP contribution in [0, 0.1) is 5.82 Å². The lowest BCUT2D eigenvalue weighted by molar-refractivity contribution is 0.286. The molecule has 0 fully saturated rings. The van der Waals surface area contributed by atoms with Gasteiger partial charge in [-0.3, -0.25) is 4.90 Å². The van der Waals surface area contributed by atoms with Crippen LogP contribution in [-0.2, 0) is 19.5 Å². The number of aromatic nitrogens is 4. The predicted octanol–water partition coefficient (Wildman–Crippen LogP) is 2.98. The molecule has 0 amide bonds. The number of hydrogen-bond donors (Lipinski definition) is 0. The number of benzene rings is 2. The molecule has 2 aromatic heterocycles. The number of methoxy groups -OCH3 is 1. The van der Waals surface area contributed by atoms with Crippen LogP contribution in [0.4, 0.5) is 4.39 Å². The minimum Gasteiger partial charge on any atom is -0.494 e. The molecule has 5 rings (SSSR count). The molecule has 0 saturated carbocycles. The van der Waals surface area contributed by atoms with E-state index < -0.39 is 0 Å². The fourth-order valence-electron chi connectivity index (χ4n) is 3.70. The molecule has 7 heteroatoms. The third-order valence-corrected chi connectivity index (χ3v) is 5.04. The van der Waals surface area contributed by atoms with Gasteiger partial charge in [0.2, 0.25) is 0 Å². The maximum absolute atomic E-state index is 13.4. The number of hydrogen-bond acceptors (Lipinski definition) is 5. The van der Waals surface area contributed by atoms with Crippen molar-refractivity contribution in [2.45, 2.75) is 19.5 Å². The molecule has 136 valence electrons. The van der Waals surface area contributed by atoms with Crippen LogP contribution < -0.4 is 4.74 Å². The molecular formula is C20H18FN5O. The van der Waals surface area contributed by atoms with E-state index in [0.29, 0.717) is 0 Å². The predicted molar refractivity (Wildman–Crippen MR) is 99.1 cm³/mol. The second-order valence-electron chi connectivity index (χ2n) is 6.77. The first-order valence-corrected chi connectivity index (χ1v) is 8.88. The van der Waals surface area contributed by atoms with E-state index in [4.69, 9.17) is 9.72 Å². The summed E-state index contributed by atoms with van der Waals surface area (Å²) in [5.41, 5.74) is 3.83. The lowest BCUT2D eigenvalue weighted by Gasteiger charge is -2.12. The van der Waals surface area contributed by atoms with Crippen molar-refractivity contribution in [1.82, 2.24) is 24.5 Å². The number of fused-ring (bicyclic) bond motifs is 4. The molecular weight excluding hydrogens is 345 g/mol. The van der Waals surface area contributed by atoms with Gasteiger partial charge in [-0.25, -0.2) is 18.9 Å². The Labute approximate surface area is 155 Å². The number of halogens is 1. The number of rotatable bonds is 4. The highest BCUT2D eigenvalue weighted by molar-refractivity contribution is 5.94. The summed E-state index contributed by atoms with van der Waals surface area (Å²) < 4.78 is 20.5. The zero-order valence-electron chi connectivity index (χ0n) is 14.9. The summed E-state index contributed by atoms with van der Waals surface area (Å²) in [6.07, 6.45) is 2.40. The highest BCUT2D eigenvalue weighted by Crippen LogP contribution is 2.26. The fraction of sp³-hybridized carbons (Fsp3) is 0.250. The third kappa shape index (κ3) is 2.80. The average molecular weight is 363 g/mol. The average Bonchev–Trinajstić information content (AvgIpc) is 3.28. The lowest BCUT2D eigenvalue weighted by atomic mass is 10.1. The molecule has 2 aromatic carbocycles. The standard InChI is InChI=1S/C20H18FN5O/c1-27-17-4-2-3-16-19(17)22-12-26-20(16)23-18(24-26)7-8-25-10-13-5-6-15(21)9-14(13)11-25/h2-6,9,12H,7-8,10-11H2,1H3. The zero-order chi connectivity index (χ0) is 18.4. The van der Waals surface area contributed by atoms with Gasteiger partial charge in [0.15, 0.2) is 11.5 Å². The lowest BCUT2D eigenvalue weighted by Crippen LogP contribution is -2.19. The van der Waals surface area contributed by atoms with Gasteiger partial charge in [0.1, 0.15) is 23.4 Å². The summed E-state index contributed by atoms with van der Waals surface area (Å²) in [7, 11) is 1.63. The summed E-state index contributed by atoms with van der Waals surface area (Å²) in [6.45, 7) is 2.43. The summed E-state index contributed by atoms with van der Waals surface area (Å²) in [6, 6.07) is 10.8. The first-order chi connectivity index (χ1) is 13.2. The van der Waals surface area contributed by atoms with Crippen molar-refractivity contribution in [1.29, 1.82) is 0 Å². The van der Waals surface area contributed by atoms with Crippen LogP contribution >= 0.6 is 0 Å². The summed E-state index contributed by atoms with van der Waals surface area (Å²) in [5, 5.41) is 5.47. The monoisotopic (exact) mass is 363 g/mol. The first kappa shape index (κ1) is 16.1. The summed E-state index contributed by atoms with van der Waals surface area (Å²) in [5.74, 6) is 1.32. The maximum Gasteiger partial charge on any atom is 0.166 e. The smallest absolute Gasteiger partial charge is 0.166 e. The van der Waals surface area contributed by atoms with Gasteiger partial charge < -0.3 is 4.74 Å². The van der Waals surface area contributed by atoms with Gasteiger partial charge in [0.05, 0.1) is 7.11 Å². The van der Waals surface area contributed by atoms with E-state index in [1.807, 2.05) is 24.3 Å². The first-order valence-electron chi connectivity index (χ1n) is 8.88. The van der Waals surface area contributed by atoms with Crippen molar-refractivity contribution in [3.05, 3.63) is 65.5 Å². The van der Waals surface area contributed by atoms with E-state index in [1.165, 1.54) is 11.6 Å². The van der Waals surface area contributed by atoms with Crippen LogP contribution in [-0.4, -0.2) is 38.1 Å². The molecule has 0 unspecified atom stereocenters. The Morgan fingerprint density at radius 3 is 2.93 bits per heavy atom. The van der Waals surface area contributed by atoms with Crippen LogP contribution in [0.5, 0.6) is 5.75 Å². The van der Waals surface area contributed by atoms with E-state index in [1.54, 1.807) is 24.0 Å². The van der Waals surface area contributed by atoms with Crippen LogP contribution in [0.15, 0.2) is 42.7 Å².